The lowest BCUT2D eigenvalue weighted by molar-refractivity contribution is -0.117. The summed E-state index contributed by atoms with van der Waals surface area (Å²) >= 11 is 5.81. The van der Waals surface area contributed by atoms with Crippen molar-refractivity contribution in [3.05, 3.63) is 82.5 Å². The minimum absolute atomic E-state index is 0.0369. The maximum atomic E-state index is 12.0. The van der Waals surface area contributed by atoms with E-state index < -0.39 is 5.91 Å². The van der Waals surface area contributed by atoms with Gasteiger partial charge >= 0.3 is 0 Å². The number of nitrogens with one attached hydrogen (secondary N) is 2. The van der Waals surface area contributed by atoms with Crippen LogP contribution in [-0.2, 0) is 17.9 Å². The maximum Gasteiger partial charge on any atom is 0.263 e. The molecule has 0 atom stereocenters. The van der Waals surface area contributed by atoms with Gasteiger partial charge in [-0.15, -0.1) is 0 Å². The van der Waals surface area contributed by atoms with E-state index in [1.54, 1.807) is 12.1 Å². The first-order valence-corrected chi connectivity index (χ1v) is 7.47. The maximum absolute atomic E-state index is 12.0. The molecule has 2 aromatic carbocycles. The molecule has 0 spiro atoms. The Morgan fingerprint density at radius 3 is 2.35 bits per heavy atom. The van der Waals surface area contributed by atoms with Crippen LogP contribution in [0.25, 0.3) is 0 Å². The molecule has 5 heteroatoms. The molecule has 2 N–H and O–H groups in total. The highest BCUT2D eigenvalue weighted by Gasteiger charge is 2.08. The van der Waals surface area contributed by atoms with Crippen LogP contribution in [0.1, 0.15) is 11.1 Å². The van der Waals surface area contributed by atoms with E-state index in [2.05, 4.69) is 10.6 Å². The fraction of sp³-hybridized carbons (Fsp3) is 0.111. The Morgan fingerprint density at radius 2 is 1.70 bits per heavy atom. The highest BCUT2D eigenvalue weighted by molar-refractivity contribution is 6.30. The Hall–Kier alpha value is -2.77. The molecule has 0 bridgehead atoms. The van der Waals surface area contributed by atoms with E-state index >= 15 is 0 Å². The first kappa shape index (κ1) is 16.6. The van der Waals surface area contributed by atoms with E-state index in [-0.39, 0.29) is 5.57 Å². The summed E-state index contributed by atoms with van der Waals surface area (Å²) in [5, 5.41) is 15.4. The molecule has 2 rings (SSSR count). The van der Waals surface area contributed by atoms with Gasteiger partial charge in [0.15, 0.2) is 0 Å². The molecule has 0 radical (unpaired) electrons. The van der Waals surface area contributed by atoms with Crippen molar-refractivity contribution in [3.63, 3.8) is 0 Å². The van der Waals surface area contributed by atoms with Crippen LogP contribution in [0.4, 0.5) is 0 Å². The minimum Gasteiger partial charge on any atom is -0.386 e. The number of hydrogen-bond acceptors (Lipinski definition) is 3. The van der Waals surface area contributed by atoms with Crippen LogP contribution in [0.15, 0.2) is 66.4 Å². The van der Waals surface area contributed by atoms with Crippen molar-refractivity contribution in [1.82, 2.24) is 10.6 Å². The van der Waals surface area contributed by atoms with E-state index in [0.29, 0.717) is 18.1 Å². The number of carbonyl (C=O) groups excluding carboxylic acids is 1. The number of hydrogen-bond donors (Lipinski definition) is 2. The van der Waals surface area contributed by atoms with Crippen molar-refractivity contribution in [2.45, 2.75) is 13.1 Å². The Balaban J connectivity index is 1.86. The molecule has 0 aliphatic carbocycles. The van der Waals surface area contributed by atoms with Crippen molar-refractivity contribution in [2.24, 2.45) is 0 Å². The van der Waals surface area contributed by atoms with Gasteiger partial charge in [-0.05, 0) is 23.3 Å². The number of halogens is 1. The smallest absolute Gasteiger partial charge is 0.263 e. The summed E-state index contributed by atoms with van der Waals surface area (Å²) in [4.78, 5) is 12.0. The van der Waals surface area contributed by atoms with E-state index in [9.17, 15) is 4.79 Å². The van der Waals surface area contributed by atoms with E-state index in [1.165, 1.54) is 6.20 Å². The third-order valence-electron chi connectivity index (χ3n) is 3.13. The molecule has 1 amide bonds. The Kier molecular flexibility index (Phi) is 6.22. The lowest BCUT2D eigenvalue weighted by Crippen LogP contribution is -2.25. The third kappa shape index (κ3) is 5.50. The van der Waals surface area contributed by atoms with Gasteiger partial charge in [0, 0.05) is 24.3 Å². The zero-order valence-electron chi connectivity index (χ0n) is 12.4. The average Bonchev–Trinajstić information content (AvgIpc) is 2.59. The van der Waals surface area contributed by atoms with Crippen molar-refractivity contribution < 1.29 is 4.79 Å². The molecular weight excluding hydrogens is 310 g/mol. The van der Waals surface area contributed by atoms with Gasteiger partial charge in [-0.2, -0.15) is 5.26 Å². The zero-order chi connectivity index (χ0) is 16.5. The van der Waals surface area contributed by atoms with Gasteiger partial charge in [0.1, 0.15) is 11.6 Å². The summed E-state index contributed by atoms with van der Waals surface area (Å²) < 4.78 is 0. The molecule has 2 aromatic rings. The predicted molar refractivity (Wildman–Crippen MR) is 90.3 cm³/mol. The van der Waals surface area contributed by atoms with Crippen molar-refractivity contribution in [2.75, 3.05) is 0 Å². The summed E-state index contributed by atoms with van der Waals surface area (Å²) in [6.07, 6.45) is 1.43. The fourth-order valence-electron chi connectivity index (χ4n) is 1.90. The molecule has 0 fully saturated rings. The molecule has 4 nitrogen and oxygen atoms in total. The number of rotatable bonds is 6. The Morgan fingerprint density at radius 1 is 1.04 bits per heavy atom. The summed E-state index contributed by atoms with van der Waals surface area (Å²) in [6.45, 7) is 0.893. The molecule has 0 unspecified atom stereocenters. The second-order valence-corrected chi connectivity index (χ2v) is 5.28. The summed E-state index contributed by atoms with van der Waals surface area (Å²) in [7, 11) is 0. The van der Waals surface area contributed by atoms with Crippen LogP contribution in [0.3, 0.4) is 0 Å². The average molecular weight is 326 g/mol. The second kappa shape index (κ2) is 8.62. The molecule has 0 saturated heterocycles. The molecule has 23 heavy (non-hydrogen) atoms. The number of nitrogens with zero attached hydrogens (tertiary/aromatic N) is 1. The Labute approximate surface area is 140 Å². The molecule has 0 aliphatic heterocycles. The highest BCUT2D eigenvalue weighted by atomic mass is 35.5. The lowest BCUT2D eigenvalue weighted by Gasteiger charge is -2.06. The molecule has 116 valence electrons. The molecular formula is C18H16ClN3O. The van der Waals surface area contributed by atoms with E-state index in [1.807, 2.05) is 48.5 Å². The monoisotopic (exact) mass is 325 g/mol. The first-order chi connectivity index (χ1) is 11.2. The summed E-state index contributed by atoms with van der Waals surface area (Å²) in [5.74, 6) is -0.414. The fourth-order valence-corrected chi connectivity index (χ4v) is 2.02. The summed E-state index contributed by atoms with van der Waals surface area (Å²) in [6, 6.07) is 18.8. The number of carbonyl (C=O) groups is 1. The van der Waals surface area contributed by atoms with Gasteiger partial charge in [0.25, 0.3) is 5.91 Å². The van der Waals surface area contributed by atoms with Gasteiger partial charge < -0.3 is 10.6 Å². The van der Waals surface area contributed by atoms with Crippen LogP contribution in [-0.4, -0.2) is 5.91 Å². The van der Waals surface area contributed by atoms with E-state index in [0.717, 1.165) is 11.1 Å². The second-order valence-electron chi connectivity index (χ2n) is 4.85. The molecule has 0 saturated carbocycles. The van der Waals surface area contributed by atoms with Gasteiger partial charge in [-0.3, -0.25) is 4.79 Å². The van der Waals surface area contributed by atoms with E-state index in [4.69, 9.17) is 16.9 Å². The number of benzene rings is 2. The number of amides is 1. The first-order valence-electron chi connectivity index (χ1n) is 7.09. The zero-order valence-corrected chi connectivity index (χ0v) is 13.2. The molecule has 0 aromatic heterocycles. The van der Waals surface area contributed by atoms with Crippen LogP contribution in [0, 0.1) is 11.3 Å². The minimum atomic E-state index is -0.414. The molecule has 0 aliphatic rings. The van der Waals surface area contributed by atoms with Crippen LogP contribution in [0.5, 0.6) is 0 Å². The predicted octanol–water partition coefficient (Wildman–Crippen LogP) is 3.15. The number of nitriles is 1. The lowest BCUT2D eigenvalue weighted by atomic mass is 10.2. The highest BCUT2D eigenvalue weighted by Crippen LogP contribution is 2.09. The third-order valence-corrected chi connectivity index (χ3v) is 3.38. The molecule has 0 heterocycles. The van der Waals surface area contributed by atoms with Crippen molar-refractivity contribution >= 4 is 17.5 Å². The topological polar surface area (TPSA) is 64.9 Å². The Bertz CT molecular complexity index is 718. The van der Waals surface area contributed by atoms with Crippen molar-refractivity contribution in [3.8, 4) is 6.07 Å². The van der Waals surface area contributed by atoms with Gasteiger partial charge in [-0.1, -0.05) is 54.1 Å². The van der Waals surface area contributed by atoms with Crippen LogP contribution >= 0.6 is 11.6 Å². The quantitative estimate of drug-likeness (QED) is 0.633. The SMILES string of the molecule is N#C/C(=C/NCc1ccccc1)C(=O)NCc1ccc(Cl)cc1. The van der Waals surface area contributed by atoms with Gasteiger partial charge in [-0.25, -0.2) is 0 Å². The standard InChI is InChI=1S/C18H16ClN3O/c19-17-8-6-15(7-9-17)12-22-18(23)16(10-20)13-21-11-14-4-2-1-3-5-14/h1-9,13,21H,11-12H2,(H,22,23)/b16-13-. The van der Waals surface area contributed by atoms with Gasteiger partial charge in [0.05, 0.1) is 0 Å². The van der Waals surface area contributed by atoms with Crippen LogP contribution in [0.2, 0.25) is 5.02 Å². The van der Waals surface area contributed by atoms with Crippen molar-refractivity contribution in [1.29, 1.82) is 5.26 Å². The summed E-state index contributed by atoms with van der Waals surface area (Å²) in [5.41, 5.74) is 2.02. The largest absolute Gasteiger partial charge is 0.386 e. The van der Waals surface area contributed by atoms with Crippen LogP contribution < -0.4 is 10.6 Å². The normalized spacial score (nSPS) is 10.7. The van der Waals surface area contributed by atoms with Gasteiger partial charge in [0.2, 0.25) is 0 Å².